The normalized spacial score (nSPS) is 11.7. The molecule has 5 nitrogen and oxygen atoms in total. The summed E-state index contributed by atoms with van der Waals surface area (Å²) in [6.45, 7) is 3.32. The molecule has 0 bridgehead atoms. The molecule has 0 amide bonds. The Kier molecular flexibility index (Phi) is 11.9. The zero-order chi connectivity index (χ0) is 16.4. The standard InChI is InChI=1S/C15H24BrN3O2S.HI/c1-3-4-5-10-18-15(17-2)19-11-12-22(20,21)14-8-6-13(16)7-9-14;/h6-9H,3-5,10-12H2,1-2H3,(H2,17,18,19);1H. The average Bonchev–Trinajstić information content (AvgIpc) is 2.50. The number of nitrogens with zero attached hydrogens (tertiary/aromatic N) is 1. The van der Waals surface area contributed by atoms with E-state index >= 15 is 0 Å². The van der Waals surface area contributed by atoms with Crippen molar-refractivity contribution in [3.8, 4) is 0 Å². The minimum absolute atomic E-state index is 0. The summed E-state index contributed by atoms with van der Waals surface area (Å²) in [4.78, 5) is 4.42. The van der Waals surface area contributed by atoms with Gasteiger partial charge in [0.15, 0.2) is 15.8 Å². The van der Waals surface area contributed by atoms with Gasteiger partial charge in [-0.25, -0.2) is 8.42 Å². The van der Waals surface area contributed by atoms with Gasteiger partial charge in [-0.1, -0.05) is 35.7 Å². The predicted molar refractivity (Wildman–Crippen MR) is 110 cm³/mol. The summed E-state index contributed by atoms with van der Waals surface area (Å²) in [5.74, 6) is 0.673. The van der Waals surface area contributed by atoms with Crippen molar-refractivity contribution in [1.29, 1.82) is 0 Å². The third-order valence-corrected chi connectivity index (χ3v) is 5.39. The average molecular weight is 518 g/mol. The highest BCUT2D eigenvalue weighted by Crippen LogP contribution is 2.15. The summed E-state index contributed by atoms with van der Waals surface area (Å²) >= 11 is 3.30. The molecule has 0 spiro atoms. The lowest BCUT2D eigenvalue weighted by Crippen LogP contribution is -2.39. The Morgan fingerprint density at radius 3 is 2.30 bits per heavy atom. The second kappa shape index (κ2) is 12.1. The summed E-state index contributed by atoms with van der Waals surface area (Å²) in [7, 11) is -1.60. The number of sulfone groups is 1. The molecule has 0 fully saturated rings. The fourth-order valence-corrected chi connectivity index (χ4v) is 3.29. The molecule has 23 heavy (non-hydrogen) atoms. The van der Waals surface area contributed by atoms with Crippen molar-refractivity contribution in [2.24, 2.45) is 4.99 Å². The largest absolute Gasteiger partial charge is 0.356 e. The number of hydrogen-bond acceptors (Lipinski definition) is 3. The maximum absolute atomic E-state index is 12.2. The zero-order valence-electron chi connectivity index (χ0n) is 13.5. The number of hydrogen-bond donors (Lipinski definition) is 2. The molecule has 0 unspecified atom stereocenters. The minimum Gasteiger partial charge on any atom is -0.356 e. The van der Waals surface area contributed by atoms with E-state index in [2.05, 4.69) is 38.5 Å². The van der Waals surface area contributed by atoms with Crippen molar-refractivity contribution in [3.63, 3.8) is 0 Å². The van der Waals surface area contributed by atoms with Gasteiger partial charge in [-0.05, 0) is 30.7 Å². The van der Waals surface area contributed by atoms with Gasteiger partial charge in [0.2, 0.25) is 0 Å². The Morgan fingerprint density at radius 2 is 1.74 bits per heavy atom. The summed E-state index contributed by atoms with van der Waals surface area (Å²) < 4.78 is 25.3. The van der Waals surface area contributed by atoms with Crippen molar-refractivity contribution < 1.29 is 8.42 Å². The van der Waals surface area contributed by atoms with Gasteiger partial charge in [-0.3, -0.25) is 4.99 Å². The second-order valence-electron chi connectivity index (χ2n) is 4.91. The molecule has 0 radical (unpaired) electrons. The van der Waals surface area contributed by atoms with Crippen LogP contribution >= 0.6 is 39.9 Å². The van der Waals surface area contributed by atoms with Crippen molar-refractivity contribution in [2.45, 2.75) is 31.1 Å². The van der Waals surface area contributed by atoms with Crippen LogP contribution in [0.3, 0.4) is 0 Å². The van der Waals surface area contributed by atoms with E-state index in [1.54, 1.807) is 31.3 Å². The van der Waals surface area contributed by atoms with Gasteiger partial charge in [0.05, 0.1) is 10.6 Å². The van der Waals surface area contributed by atoms with Crippen LogP contribution in [-0.2, 0) is 9.84 Å². The highest BCUT2D eigenvalue weighted by molar-refractivity contribution is 14.0. The first-order valence-corrected chi connectivity index (χ1v) is 9.87. The Balaban J connectivity index is 0.00000484. The molecular formula is C15H25BrIN3O2S. The number of halogens is 2. The third-order valence-electron chi connectivity index (χ3n) is 3.13. The van der Waals surface area contributed by atoms with Crippen LogP contribution in [0.4, 0.5) is 0 Å². The number of guanidine groups is 1. The van der Waals surface area contributed by atoms with Crippen LogP contribution in [-0.4, -0.2) is 40.3 Å². The van der Waals surface area contributed by atoms with Gasteiger partial charge >= 0.3 is 0 Å². The fraction of sp³-hybridized carbons (Fsp3) is 0.533. The van der Waals surface area contributed by atoms with Crippen molar-refractivity contribution >= 4 is 55.7 Å². The zero-order valence-corrected chi connectivity index (χ0v) is 18.2. The Hall–Kier alpha value is -0.350. The Morgan fingerprint density at radius 1 is 1.13 bits per heavy atom. The summed E-state index contributed by atoms with van der Waals surface area (Å²) in [5, 5.41) is 6.21. The lowest BCUT2D eigenvalue weighted by molar-refractivity contribution is 0.594. The fourth-order valence-electron chi connectivity index (χ4n) is 1.87. The van der Waals surface area contributed by atoms with Gasteiger partial charge in [-0.2, -0.15) is 0 Å². The lowest BCUT2D eigenvalue weighted by Gasteiger charge is -2.12. The molecule has 0 saturated heterocycles. The van der Waals surface area contributed by atoms with Crippen LogP contribution in [0, 0.1) is 0 Å². The van der Waals surface area contributed by atoms with E-state index in [0.717, 1.165) is 17.4 Å². The molecule has 0 atom stereocenters. The molecule has 132 valence electrons. The number of aliphatic imine (C=N–C) groups is 1. The van der Waals surface area contributed by atoms with Gasteiger partial charge in [0, 0.05) is 24.6 Å². The van der Waals surface area contributed by atoms with Crippen molar-refractivity contribution in [2.75, 3.05) is 25.9 Å². The van der Waals surface area contributed by atoms with Crippen LogP contribution < -0.4 is 10.6 Å². The quantitative estimate of drug-likeness (QED) is 0.240. The molecular weight excluding hydrogens is 493 g/mol. The number of rotatable bonds is 8. The first kappa shape index (κ1) is 22.6. The lowest BCUT2D eigenvalue weighted by atomic mass is 10.2. The van der Waals surface area contributed by atoms with Gasteiger partial charge in [0.1, 0.15) is 0 Å². The molecule has 8 heteroatoms. The SMILES string of the molecule is CCCCCNC(=NC)NCCS(=O)(=O)c1ccc(Br)cc1.I. The summed E-state index contributed by atoms with van der Waals surface area (Å²) in [6.07, 6.45) is 3.41. The van der Waals surface area contributed by atoms with Crippen molar-refractivity contribution in [3.05, 3.63) is 28.7 Å². The van der Waals surface area contributed by atoms with Gasteiger partial charge in [-0.15, -0.1) is 24.0 Å². The second-order valence-corrected chi connectivity index (χ2v) is 7.93. The summed E-state index contributed by atoms with van der Waals surface area (Å²) in [6, 6.07) is 6.68. The molecule has 0 saturated carbocycles. The first-order chi connectivity index (χ1) is 10.5. The highest BCUT2D eigenvalue weighted by Gasteiger charge is 2.14. The van der Waals surface area contributed by atoms with E-state index in [1.165, 1.54) is 12.8 Å². The van der Waals surface area contributed by atoms with Crippen LogP contribution in [0.1, 0.15) is 26.2 Å². The predicted octanol–water partition coefficient (Wildman–Crippen LogP) is 3.20. The molecule has 0 heterocycles. The van der Waals surface area contributed by atoms with E-state index < -0.39 is 9.84 Å². The number of nitrogens with one attached hydrogen (secondary N) is 2. The highest BCUT2D eigenvalue weighted by atomic mass is 127. The Bertz CT molecular complexity index is 577. The van der Waals surface area contributed by atoms with Gasteiger partial charge < -0.3 is 10.6 Å². The minimum atomic E-state index is -3.28. The van der Waals surface area contributed by atoms with Crippen LogP contribution in [0.25, 0.3) is 0 Å². The maximum Gasteiger partial charge on any atom is 0.191 e. The van der Waals surface area contributed by atoms with Crippen LogP contribution in [0.2, 0.25) is 0 Å². The molecule has 0 aliphatic rings. The number of unbranched alkanes of at least 4 members (excludes halogenated alkanes) is 2. The number of benzene rings is 1. The molecule has 1 aromatic carbocycles. The first-order valence-electron chi connectivity index (χ1n) is 7.42. The van der Waals surface area contributed by atoms with E-state index in [0.29, 0.717) is 17.4 Å². The molecule has 2 N–H and O–H groups in total. The van der Waals surface area contributed by atoms with Gasteiger partial charge in [0.25, 0.3) is 0 Å². The van der Waals surface area contributed by atoms with Crippen molar-refractivity contribution in [1.82, 2.24) is 10.6 Å². The van der Waals surface area contributed by atoms with Crippen LogP contribution in [0.15, 0.2) is 38.6 Å². The van der Waals surface area contributed by atoms with Crippen LogP contribution in [0.5, 0.6) is 0 Å². The van der Waals surface area contributed by atoms with E-state index in [9.17, 15) is 8.42 Å². The molecule has 0 aromatic heterocycles. The molecule has 1 rings (SSSR count). The molecule has 0 aliphatic carbocycles. The topological polar surface area (TPSA) is 70.6 Å². The third kappa shape index (κ3) is 8.90. The van der Waals surface area contributed by atoms with E-state index in [-0.39, 0.29) is 29.7 Å². The molecule has 1 aromatic rings. The Labute approximate surface area is 164 Å². The molecule has 0 aliphatic heterocycles. The smallest absolute Gasteiger partial charge is 0.191 e. The van der Waals surface area contributed by atoms with E-state index in [1.807, 2.05) is 0 Å². The summed E-state index contributed by atoms with van der Waals surface area (Å²) in [5.41, 5.74) is 0. The maximum atomic E-state index is 12.2. The van der Waals surface area contributed by atoms with E-state index in [4.69, 9.17) is 0 Å². The monoisotopic (exact) mass is 517 g/mol.